The van der Waals surface area contributed by atoms with Crippen molar-refractivity contribution in [3.63, 3.8) is 0 Å². The number of hydrogen-bond donors (Lipinski definition) is 2. The summed E-state index contributed by atoms with van der Waals surface area (Å²) in [6.45, 7) is 16.1. The molecule has 5 heteroatoms. The van der Waals surface area contributed by atoms with Crippen LogP contribution in [0.2, 0.25) is 0 Å². The van der Waals surface area contributed by atoms with Crippen LogP contribution in [-0.2, 0) is 9.47 Å². The summed E-state index contributed by atoms with van der Waals surface area (Å²) in [4.78, 5) is 11.6. The third-order valence-corrected chi connectivity index (χ3v) is 3.99. The number of hydrogen-bond acceptors (Lipinski definition) is 4. The molecule has 1 amide bonds. The SMILES string of the molecule is CC(C)(CCOC(C)(C)C(C)(C)C)OC(=O)NCCCN. The standard InChI is InChI=1S/C16H34N2O3/c1-14(2,3)16(6,7)20-12-9-15(4,5)21-13(19)18-11-8-10-17/h8-12,17H2,1-7H3,(H,18,19). The van der Waals surface area contributed by atoms with E-state index in [2.05, 4.69) is 39.9 Å². The minimum atomic E-state index is -0.555. The summed E-state index contributed by atoms with van der Waals surface area (Å²) in [5, 5.41) is 2.69. The van der Waals surface area contributed by atoms with Gasteiger partial charge in [0.2, 0.25) is 0 Å². The van der Waals surface area contributed by atoms with Crippen molar-refractivity contribution in [2.75, 3.05) is 19.7 Å². The Morgan fingerprint density at radius 3 is 2.14 bits per heavy atom. The number of amides is 1. The average Bonchev–Trinajstić information content (AvgIpc) is 2.26. The predicted octanol–water partition coefficient (Wildman–Crippen LogP) is 3.07. The first-order chi connectivity index (χ1) is 9.41. The molecule has 3 N–H and O–H groups in total. The number of alkyl carbamates (subject to hydrolysis) is 1. The first-order valence-corrected chi connectivity index (χ1v) is 7.72. The maximum absolute atomic E-state index is 11.6. The van der Waals surface area contributed by atoms with Crippen molar-refractivity contribution in [1.29, 1.82) is 0 Å². The molecule has 0 bridgehead atoms. The molecule has 0 unspecified atom stereocenters. The fourth-order valence-electron chi connectivity index (χ4n) is 1.40. The van der Waals surface area contributed by atoms with Gasteiger partial charge in [0, 0.05) is 13.0 Å². The van der Waals surface area contributed by atoms with Crippen LogP contribution in [0.25, 0.3) is 0 Å². The Labute approximate surface area is 129 Å². The van der Waals surface area contributed by atoms with Crippen LogP contribution in [0.5, 0.6) is 0 Å². The van der Waals surface area contributed by atoms with Gasteiger partial charge in [-0.1, -0.05) is 20.8 Å². The van der Waals surface area contributed by atoms with Crippen molar-refractivity contribution >= 4 is 6.09 Å². The molecule has 0 aromatic rings. The number of carbonyl (C=O) groups excluding carboxylic acids is 1. The second kappa shape index (κ2) is 7.99. The molecule has 0 aliphatic rings. The summed E-state index contributed by atoms with van der Waals surface area (Å²) in [6.07, 6.45) is 0.999. The van der Waals surface area contributed by atoms with E-state index >= 15 is 0 Å². The first kappa shape index (κ1) is 20.2. The van der Waals surface area contributed by atoms with Crippen LogP contribution < -0.4 is 11.1 Å². The van der Waals surface area contributed by atoms with Crippen molar-refractivity contribution < 1.29 is 14.3 Å². The van der Waals surface area contributed by atoms with Crippen molar-refractivity contribution in [3.8, 4) is 0 Å². The molecular formula is C16H34N2O3. The summed E-state index contributed by atoms with van der Waals surface area (Å²) in [5.74, 6) is 0. The van der Waals surface area contributed by atoms with Crippen LogP contribution in [0, 0.1) is 5.41 Å². The van der Waals surface area contributed by atoms with Gasteiger partial charge in [0.25, 0.3) is 0 Å². The van der Waals surface area contributed by atoms with Gasteiger partial charge in [0.1, 0.15) is 5.60 Å². The van der Waals surface area contributed by atoms with Gasteiger partial charge in [-0.05, 0) is 46.1 Å². The molecule has 0 rings (SSSR count). The Balaban J connectivity index is 4.16. The fourth-order valence-corrected chi connectivity index (χ4v) is 1.40. The van der Waals surface area contributed by atoms with E-state index in [1.54, 1.807) is 0 Å². The topological polar surface area (TPSA) is 73.6 Å². The largest absolute Gasteiger partial charge is 0.443 e. The van der Waals surface area contributed by atoms with Crippen molar-refractivity contribution in [1.82, 2.24) is 5.32 Å². The normalized spacial score (nSPS) is 13.1. The number of nitrogens with one attached hydrogen (secondary N) is 1. The molecule has 0 radical (unpaired) electrons. The fraction of sp³-hybridized carbons (Fsp3) is 0.938. The highest BCUT2D eigenvalue weighted by molar-refractivity contribution is 5.67. The molecule has 0 aliphatic carbocycles. The Hall–Kier alpha value is -0.810. The second-order valence-electron chi connectivity index (χ2n) is 7.58. The van der Waals surface area contributed by atoms with Crippen LogP contribution in [0.15, 0.2) is 0 Å². The minimum absolute atomic E-state index is 0.0532. The second-order valence-corrected chi connectivity index (χ2v) is 7.58. The third kappa shape index (κ3) is 8.27. The molecule has 126 valence electrons. The smallest absolute Gasteiger partial charge is 0.407 e. The monoisotopic (exact) mass is 302 g/mol. The van der Waals surface area contributed by atoms with Gasteiger partial charge >= 0.3 is 6.09 Å². The number of rotatable bonds is 8. The molecule has 0 heterocycles. The Bertz CT molecular complexity index is 320. The zero-order valence-corrected chi connectivity index (χ0v) is 14.8. The van der Waals surface area contributed by atoms with E-state index in [1.807, 2.05) is 13.8 Å². The van der Waals surface area contributed by atoms with E-state index < -0.39 is 11.7 Å². The molecule has 0 aromatic heterocycles. The summed E-state index contributed by atoms with van der Waals surface area (Å²) < 4.78 is 11.4. The molecular weight excluding hydrogens is 268 g/mol. The Morgan fingerprint density at radius 1 is 1.10 bits per heavy atom. The summed E-state index contributed by atoms with van der Waals surface area (Å²) in [7, 11) is 0. The van der Waals surface area contributed by atoms with E-state index in [-0.39, 0.29) is 11.0 Å². The first-order valence-electron chi connectivity index (χ1n) is 7.72. The van der Waals surface area contributed by atoms with Gasteiger partial charge in [0.05, 0.1) is 12.2 Å². The van der Waals surface area contributed by atoms with Crippen LogP contribution in [-0.4, -0.2) is 37.0 Å². The minimum Gasteiger partial charge on any atom is -0.443 e. The molecule has 0 saturated heterocycles. The van der Waals surface area contributed by atoms with Gasteiger partial charge in [-0.3, -0.25) is 0 Å². The molecule has 0 fully saturated rings. The molecule has 0 aromatic carbocycles. The lowest BCUT2D eigenvalue weighted by Crippen LogP contribution is -2.41. The average molecular weight is 302 g/mol. The lowest BCUT2D eigenvalue weighted by atomic mass is 9.79. The van der Waals surface area contributed by atoms with Crippen molar-refractivity contribution in [2.45, 2.75) is 72.5 Å². The number of carbonyl (C=O) groups is 1. The number of nitrogens with two attached hydrogens (primary N) is 1. The van der Waals surface area contributed by atoms with Crippen molar-refractivity contribution in [3.05, 3.63) is 0 Å². The van der Waals surface area contributed by atoms with Crippen molar-refractivity contribution in [2.24, 2.45) is 11.1 Å². The highest BCUT2D eigenvalue weighted by atomic mass is 16.6. The van der Waals surface area contributed by atoms with E-state index in [1.165, 1.54) is 0 Å². The van der Waals surface area contributed by atoms with Gasteiger partial charge in [-0.25, -0.2) is 4.79 Å². The van der Waals surface area contributed by atoms with Gasteiger partial charge in [-0.2, -0.15) is 0 Å². The lowest BCUT2D eigenvalue weighted by Gasteiger charge is -2.39. The summed E-state index contributed by atoms with van der Waals surface area (Å²) in [5.41, 5.74) is 4.64. The maximum Gasteiger partial charge on any atom is 0.407 e. The lowest BCUT2D eigenvalue weighted by molar-refractivity contribution is -0.104. The zero-order valence-electron chi connectivity index (χ0n) is 14.8. The quantitative estimate of drug-likeness (QED) is 0.676. The van der Waals surface area contributed by atoms with Gasteiger partial charge in [0.15, 0.2) is 0 Å². The molecule has 21 heavy (non-hydrogen) atoms. The Kier molecular flexibility index (Phi) is 7.68. The van der Waals surface area contributed by atoms with E-state index in [0.717, 1.165) is 6.42 Å². The molecule has 0 spiro atoms. The highest BCUT2D eigenvalue weighted by Gasteiger charge is 2.34. The van der Waals surface area contributed by atoms with Crippen LogP contribution in [0.4, 0.5) is 4.79 Å². The van der Waals surface area contributed by atoms with Crippen LogP contribution in [0.3, 0.4) is 0 Å². The van der Waals surface area contributed by atoms with Gasteiger partial charge < -0.3 is 20.5 Å². The zero-order chi connectivity index (χ0) is 16.7. The van der Waals surface area contributed by atoms with E-state index in [0.29, 0.717) is 26.1 Å². The predicted molar refractivity (Wildman–Crippen MR) is 86.3 cm³/mol. The van der Waals surface area contributed by atoms with Crippen LogP contribution in [0.1, 0.15) is 61.3 Å². The molecule has 5 nitrogen and oxygen atoms in total. The molecule has 0 saturated carbocycles. The van der Waals surface area contributed by atoms with Gasteiger partial charge in [-0.15, -0.1) is 0 Å². The summed E-state index contributed by atoms with van der Waals surface area (Å²) in [6, 6.07) is 0. The van der Waals surface area contributed by atoms with E-state index in [4.69, 9.17) is 15.2 Å². The third-order valence-electron chi connectivity index (χ3n) is 3.99. The van der Waals surface area contributed by atoms with Crippen LogP contribution >= 0.6 is 0 Å². The van der Waals surface area contributed by atoms with E-state index in [9.17, 15) is 4.79 Å². The number of ether oxygens (including phenoxy) is 2. The maximum atomic E-state index is 11.6. The molecule has 0 aliphatic heterocycles. The highest BCUT2D eigenvalue weighted by Crippen LogP contribution is 2.33. The molecule has 0 atom stereocenters. The Morgan fingerprint density at radius 2 is 1.67 bits per heavy atom. The summed E-state index contributed by atoms with van der Waals surface area (Å²) >= 11 is 0.